The summed E-state index contributed by atoms with van der Waals surface area (Å²) in [6, 6.07) is 73.1. The van der Waals surface area contributed by atoms with Crippen molar-refractivity contribution in [1.82, 2.24) is 19.5 Å². The van der Waals surface area contributed by atoms with E-state index in [1.807, 2.05) is 60.7 Å². The highest BCUT2D eigenvalue weighted by Crippen LogP contribution is 2.35. The number of hydrogen-bond acceptors (Lipinski definition) is 3. The third-order valence-corrected chi connectivity index (χ3v) is 11.0. The molecule has 2 aromatic heterocycles. The monoisotopic (exact) mass is 726 g/mol. The lowest BCUT2D eigenvalue weighted by Crippen LogP contribution is -2.00. The van der Waals surface area contributed by atoms with Gasteiger partial charge in [0.15, 0.2) is 17.5 Å². The second kappa shape index (κ2) is 13.6. The molecule has 0 amide bonds. The predicted octanol–water partition coefficient (Wildman–Crippen LogP) is 13.6. The van der Waals surface area contributed by atoms with Gasteiger partial charge >= 0.3 is 0 Å². The fourth-order valence-corrected chi connectivity index (χ4v) is 8.13. The van der Waals surface area contributed by atoms with E-state index in [-0.39, 0.29) is 0 Å². The van der Waals surface area contributed by atoms with Crippen molar-refractivity contribution in [2.45, 2.75) is 0 Å². The van der Waals surface area contributed by atoms with Crippen molar-refractivity contribution in [1.29, 1.82) is 0 Å². The molecule has 0 bridgehead atoms. The third kappa shape index (κ3) is 5.92. The van der Waals surface area contributed by atoms with Crippen molar-refractivity contribution < 1.29 is 0 Å². The van der Waals surface area contributed by atoms with Gasteiger partial charge in [-0.05, 0) is 92.3 Å². The van der Waals surface area contributed by atoms with E-state index in [1.54, 1.807) is 0 Å². The van der Waals surface area contributed by atoms with Gasteiger partial charge in [0, 0.05) is 33.2 Å². The van der Waals surface area contributed by atoms with Crippen LogP contribution >= 0.6 is 0 Å². The summed E-state index contributed by atoms with van der Waals surface area (Å²) in [6.07, 6.45) is 0. The summed E-state index contributed by atoms with van der Waals surface area (Å²) in [5.41, 5.74) is 11.2. The third-order valence-electron chi connectivity index (χ3n) is 11.0. The van der Waals surface area contributed by atoms with Gasteiger partial charge in [0.1, 0.15) is 0 Å². The van der Waals surface area contributed by atoms with Crippen LogP contribution in [0.5, 0.6) is 0 Å². The first kappa shape index (κ1) is 32.7. The summed E-state index contributed by atoms with van der Waals surface area (Å²) in [6.45, 7) is 0. The summed E-state index contributed by atoms with van der Waals surface area (Å²) in [7, 11) is 0. The molecule has 0 unspecified atom stereocenters. The molecule has 11 rings (SSSR count). The van der Waals surface area contributed by atoms with Gasteiger partial charge < -0.3 is 4.57 Å². The highest BCUT2D eigenvalue weighted by atomic mass is 15.0. The zero-order valence-corrected chi connectivity index (χ0v) is 30.9. The highest BCUT2D eigenvalue weighted by molar-refractivity contribution is 6.09. The lowest BCUT2D eigenvalue weighted by atomic mass is 9.95. The van der Waals surface area contributed by atoms with Crippen LogP contribution in [0.1, 0.15) is 0 Å². The number of rotatable bonds is 6. The van der Waals surface area contributed by atoms with Crippen LogP contribution < -0.4 is 0 Å². The minimum atomic E-state index is 0.653. The minimum Gasteiger partial charge on any atom is -0.309 e. The maximum atomic E-state index is 4.94. The van der Waals surface area contributed by atoms with Crippen molar-refractivity contribution in [2.24, 2.45) is 0 Å². The SMILES string of the molecule is c1ccc(-c2nc(-c3ccccc3)nc(-c3ccc4cc(-c5cccc(-c6ccc7cc(-n8c9ccccc9c9ccccc98)ccc7c6)c5)ccc4c3)n2)cc1. The molecule has 0 aliphatic carbocycles. The minimum absolute atomic E-state index is 0.653. The van der Waals surface area contributed by atoms with Gasteiger partial charge in [-0.1, -0.05) is 158 Å². The van der Waals surface area contributed by atoms with Crippen molar-refractivity contribution in [3.05, 3.63) is 206 Å². The zero-order chi connectivity index (χ0) is 37.7. The smallest absolute Gasteiger partial charge is 0.164 e. The Balaban J connectivity index is 0.909. The molecule has 0 radical (unpaired) electrons. The summed E-state index contributed by atoms with van der Waals surface area (Å²) in [5, 5.41) is 7.27. The molecular formula is C53H34N4. The molecule has 9 aromatic carbocycles. The predicted molar refractivity (Wildman–Crippen MR) is 236 cm³/mol. The Bertz CT molecular complexity index is 3180. The molecular weight excluding hydrogens is 693 g/mol. The summed E-state index contributed by atoms with van der Waals surface area (Å²) in [4.78, 5) is 14.7. The van der Waals surface area contributed by atoms with E-state index in [4.69, 9.17) is 15.0 Å². The molecule has 0 aliphatic rings. The van der Waals surface area contributed by atoms with E-state index in [2.05, 4.69) is 150 Å². The van der Waals surface area contributed by atoms with Crippen LogP contribution in [0.4, 0.5) is 0 Å². The largest absolute Gasteiger partial charge is 0.309 e. The lowest BCUT2D eigenvalue weighted by molar-refractivity contribution is 1.07. The summed E-state index contributed by atoms with van der Waals surface area (Å²) in [5.74, 6) is 1.97. The molecule has 11 aromatic rings. The maximum absolute atomic E-state index is 4.94. The lowest BCUT2D eigenvalue weighted by Gasteiger charge is -2.11. The van der Waals surface area contributed by atoms with Crippen molar-refractivity contribution >= 4 is 43.4 Å². The topological polar surface area (TPSA) is 43.6 Å². The molecule has 0 fully saturated rings. The van der Waals surface area contributed by atoms with Gasteiger partial charge in [-0.25, -0.2) is 15.0 Å². The molecule has 2 heterocycles. The van der Waals surface area contributed by atoms with Crippen molar-refractivity contribution in [3.8, 4) is 62.1 Å². The van der Waals surface area contributed by atoms with Crippen LogP contribution in [-0.2, 0) is 0 Å². The average Bonchev–Trinajstić information content (AvgIpc) is 3.63. The molecule has 0 spiro atoms. The first-order valence-electron chi connectivity index (χ1n) is 19.3. The summed E-state index contributed by atoms with van der Waals surface area (Å²) < 4.78 is 2.38. The van der Waals surface area contributed by atoms with Gasteiger partial charge in [0.05, 0.1) is 11.0 Å². The highest BCUT2D eigenvalue weighted by Gasteiger charge is 2.14. The van der Waals surface area contributed by atoms with Crippen LogP contribution in [0, 0.1) is 0 Å². The van der Waals surface area contributed by atoms with Crippen molar-refractivity contribution in [2.75, 3.05) is 0 Å². The quantitative estimate of drug-likeness (QED) is 0.171. The second-order valence-corrected chi connectivity index (χ2v) is 14.5. The Morgan fingerprint density at radius 3 is 1.19 bits per heavy atom. The fraction of sp³-hybridized carbons (Fsp3) is 0. The Kier molecular flexibility index (Phi) is 7.78. The van der Waals surface area contributed by atoms with E-state index < -0.39 is 0 Å². The van der Waals surface area contributed by atoms with Gasteiger partial charge in [0.2, 0.25) is 0 Å². The zero-order valence-electron chi connectivity index (χ0n) is 30.9. The average molecular weight is 727 g/mol. The molecule has 57 heavy (non-hydrogen) atoms. The van der Waals surface area contributed by atoms with Crippen LogP contribution in [0.2, 0.25) is 0 Å². The Hall–Kier alpha value is -7.69. The number of hydrogen-bond donors (Lipinski definition) is 0. The van der Waals surface area contributed by atoms with Gasteiger partial charge in [-0.15, -0.1) is 0 Å². The maximum Gasteiger partial charge on any atom is 0.164 e. The van der Waals surface area contributed by atoms with Gasteiger partial charge in [-0.3, -0.25) is 0 Å². The van der Waals surface area contributed by atoms with E-state index in [0.717, 1.165) is 27.5 Å². The van der Waals surface area contributed by atoms with E-state index in [0.29, 0.717) is 17.5 Å². The van der Waals surface area contributed by atoms with Crippen LogP contribution in [0.25, 0.3) is 105 Å². The van der Waals surface area contributed by atoms with Crippen LogP contribution in [0.15, 0.2) is 206 Å². The summed E-state index contributed by atoms with van der Waals surface area (Å²) >= 11 is 0. The Labute approximate surface area is 330 Å². The van der Waals surface area contributed by atoms with Gasteiger partial charge in [-0.2, -0.15) is 0 Å². The first-order chi connectivity index (χ1) is 28.2. The number of nitrogens with zero attached hydrogens (tertiary/aromatic N) is 4. The standard InChI is InChI=1S/C53H34N4/c1-3-12-35(13-4-1)51-54-52(36-14-5-2-6-15-36)56-53(55-51)45-27-26-41-31-39(22-23-42(41)33-45)37-16-11-17-38(30-37)40-24-25-44-34-46(29-28-43(44)32-40)57-49-20-9-7-18-47(49)48-19-8-10-21-50(48)57/h1-34H. The molecule has 4 nitrogen and oxygen atoms in total. The molecule has 0 atom stereocenters. The molecule has 0 aliphatic heterocycles. The van der Waals surface area contributed by atoms with Crippen LogP contribution in [0.3, 0.4) is 0 Å². The van der Waals surface area contributed by atoms with Crippen LogP contribution in [-0.4, -0.2) is 19.5 Å². The van der Waals surface area contributed by atoms with E-state index in [9.17, 15) is 0 Å². The number of benzene rings is 9. The van der Waals surface area contributed by atoms with Crippen molar-refractivity contribution in [3.63, 3.8) is 0 Å². The normalized spacial score (nSPS) is 11.5. The molecule has 0 N–H and O–H groups in total. The number of aromatic nitrogens is 4. The van der Waals surface area contributed by atoms with E-state index >= 15 is 0 Å². The Morgan fingerprint density at radius 1 is 0.263 bits per heavy atom. The molecule has 4 heteroatoms. The molecule has 0 saturated carbocycles. The fourth-order valence-electron chi connectivity index (χ4n) is 8.13. The van der Waals surface area contributed by atoms with Gasteiger partial charge in [0.25, 0.3) is 0 Å². The molecule has 266 valence electrons. The number of para-hydroxylation sites is 2. The molecule has 0 saturated heterocycles. The first-order valence-corrected chi connectivity index (χ1v) is 19.3. The van der Waals surface area contributed by atoms with E-state index in [1.165, 1.54) is 60.5 Å². The number of fused-ring (bicyclic) bond motifs is 5. The Morgan fingerprint density at radius 2 is 0.649 bits per heavy atom. The second-order valence-electron chi connectivity index (χ2n) is 14.5.